The van der Waals surface area contributed by atoms with Gasteiger partial charge < -0.3 is 10.4 Å². The van der Waals surface area contributed by atoms with Crippen LogP contribution in [0.1, 0.15) is 31.9 Å². The molecule has 0 aliphatic heterocycles. The van der Waals surface area contributed by atoms with Gasteiger partial charge in [0.15, 0.2) is 0 Å². The Hall–Kier alpha value is -1.91. The zero-order valence-electron chi connectivity index (χ0n) is 10.1. The molecule has 1 aromatic heterocycles. The molecule has 0 aliphatic rings. The van der Waals surface area contributed by atoms with Gasteiger partial charge in [-0.25, -0.2) is 14.8 Å². The predicted octanol–water partition coefficient (Wildman–Crippen LogP) is 2.04. The van der Waals surface area contributed by atoms with E-state index in [1.54, 1.807) is 12.1 Å². The van der Waals surface area contributed by atoms with Crippen molar-refractivity contribution >= 4 is 11.8 Å². The summed E-state index contributed by atoms with van der Waals surface area (Å²) in [5.41, 5.74) is 0.880. The molecule has 0 saturated heterocycles. The quantitative estimate of drug-likeness (QED) is 0.738. The molecule has 0 aromatic carbocycles. The Morgan fingerprint density at radius 3 is 2.82 bits per heavy atom. The van der Waals surface area contributed by atoms with Crippen molar-refractivity contribution in [1.29, 1.82) is 0 Å². The summed E-state index contributed by atoms with van der Waals surface area (Å²) in [5.74, 6) is -0.117. The Bertz CT molecular complexity index is 404. The first-order valence-electron chi connectivity index (χ1n) is 5.46. The molecule has 5 nitrogen and oxygen atoms in total. The third-order valence-electron chi connectivity index (χ3n) is 2.30. The highest BCUT2D eigenvalue weighted by molar-refractivity contribution is 5.77. The summed E-state index contributed by atoms with van der Waals surface area (Å²) in [5, 5.41) is 11.8. The first-order valence-corrected chi connectivity index (χ1v) is 5.46. The summed E-state index contributed by atoms with van der Waals surface area (Å²) < 4.78 is 0. The van der Waals surface area contributed by atoms with Crippen molar-refractivity contribution in [3.05, 3.63) is 30.7 Å². The molecule has 2 N–H and O–H groups in total. The number of carboxylic acid groups (broad SMARTS) is 1. The molecule has 1 unspecified atom stereocenters. The van der Waals surface area contributed by atoms with Crippen LogP contribution in [0.15, 0.2) is 25.0 Å². The van der Waals surface area contributed by atoms with Crippen molar-refractivity contribution in [2.24, 2.45) is 0 Å². The fourth-order valence-electron chi connectivity index (χ4n) is 1.33. The van der Waals surface area contributed by atoms with E-state index in [1.807, 2.05) is 13.8 Å². The van der Waals surface area contributed by atoms with Gasteiger partial charge in [0.2, 0.25) is 0 Å². The fourth-order valence-corrected chi connectivity index (χ4v) is 1.33. The Labute approximate surface area is 101 Å². The summed E-state index contributed by atoms with van der Waals surface area (Å²) in [6.07, 6.45) is 3.34. The molecule has 17 heavy (non-hydrogen) atoms. The maximum atomic E-state index is 11.0. The maximum absolute atomic E-state index is 11.0. The SMILES string of the molecule is C=CCC(Nc1cc(C(C)C)ncn1)C(=O)O. The van der Waals surface area contributed by atoms with E-state index in [4.69, 9.17) is 5.11 Å². The van der Waals surface area contributed by atoms with Crippen LogP contribution in [-0.2, 0) is 4.79 Å². The second-order valence-corrected chi connectivity index (χ2v) is 4.04. The number of hydrogen-bond acceptors (Lipinski definition) is 4. The van der Waals surface area contributed by atoms with E-state index in [2.05, 4.69) is 21.9 Å². The van der Waals surface area contributed by atoms with Gasteiger partial charge in [-0.05, 0) is 12.3 Å². The van der Waals surface area contributed by atoms with E-state index < -0.39 is 12.0 Å². The molecule has 1 atom stereocenters. The van der Waals surface area contributed by atoms with Crippen molar-refractivity contribution in [1.82, 2.24) is 9.97 Å². The number of anilines is 1. The van der Waals surface area contributed by atoms with Crippen LogP contribution in [0.4, 0.5) is 5.82 Å². The monoisotopic (exact) mass is 235 g/mol. The van der Waals surface area contributed by atoms with E-state index in [0.717, 1.165) is 5.69 Å². The van der Waals surface area contributed by atoms with E-state index in [-0.39, 0.29) is 5.92 Å². The lowest BCUT2D eigenvalue weighted by molar-refractivity contribution is -0.137. The third-order valence-corrected chi connectivity index (χ3v) is 2.30. The molecule has 1 rings (SSSR count). The smallest absolute Gasteiger partial charge is 0.326 e. The highest BCUT2D eigenvalue weighted by Crippen LogP contribution is 2.14. The maximum Gasteiger partial charge on any atom is 0.326 e. The number of carbonyl (C=O) groups is 1. The van der Waals surface area contributed by atoms with Crippen molar-refractivity contribution in [3.8, 4) is 0 Å². The third kappa shape index (κ3) is 3.86. The average Bonchev–Trinajstić information content (AvgIpc) is 2.28. The van der Waals surface area contributed by atoms with Gasteiger partial charge in [-0.3, -0.25) is 0 Å². The van der Waals surface area contributed by atoms with E-state index in [9.17, 15) is 4.79 Å². The fraction of sp³-hybridized carbons (Fsp3) is 0.417. The minimum Gasteiger partial charge on any atom is -0.480 e. The predicted molar refractivity (Wildman–Crippen MR) is 66.0 cm³/mol. The minimum absolute atomic E-state index is 0.279. The summed E-state index contributed by atoms with van der Waals surface area (Å²) in [6, 6.07) is 1.06. The van der Waals surface area contributed by atoms with Gasteiger partial charge in [-0.15, -0.1) is 6.58 Å². The topological polar surface area (TPSA) is 75.1 Å². The molecule has 0 bridgehead atoms. The second-order valence-electron chi connectivity index (χ2n) is 4.04. The van der Waals surface area contributed by atoms with Gasteiger partial charge in [-0.1, -0.05) is 19.9 Å². The summed E-state index contributed by atoms with van der Waals surface area (Å²) in [7, 11) is 0. The van der Waals surface area contributed by atoms with Gasteiger partial charge in [-0.2, -0.15) is 0 Å². The number of aromatic nitrogens is 2. The standard InChI is InChI=1S/C12H17N3O2/c1-4-5-9(12(16)17)15-11-6-10(8(2)3)13-7-14-11/h4,6-9H,1,5H2,2-3H3,(H,16,17)(H,13,14,15). The lowest BCUT2D eigenvalue weighted by Crippen LogP contribution is -2.29. The van der Waals surface area contributed by atoms with Crippen LogP contribution in [0.25, 0.3) is 0 Å². The first kappa shape index (κ1) is 13.2. The Kier molecular flexibility index (Phi) is 4.63. The number of nitrogens with one attached hydrogen (secondary N) is 1. The lowest BCUT2D eigenvalue weighted by Gasteiger charge is -2.14. The van der Waals surface area contributed by atoms with E-state index >= 15 is 0 Å². The molecule has 0 saturated carbocycles. The molecular weight excluding hydrogens is 218 g/mol. The van der Waals surface area contributed by atoms with Gasteiger partial charge in [0.05, 0.1) is 0 Å². The number of aliphatic carboxylic acids is 1. The minimum atomic E-state index is -0.922. The number of carboxylic acids is 1. The largest absolute Gasteiger partial charge is 0.480 e. The molecule has 0 aliphatic carbocycles. The molecule has 0 radical (unpaired) electrons. The zero-order chi connectivity index (χ0) is 12.8. The zero-order valence-corrected chi connectivity index (χ0v) is 10.1. The van der Waals surface area contributed by atoms with Crippen LogP contribution in [0.2, 0.25) is 0 Å². The van der Waals surface area contributed by atoms with Gasteiger partial charge in [0, 0.05) is 11.8 Å². The molecule has 1 aromatic rings. The van der Waals surface area contributed by atoms with Crippen LogP contribution >= 0.6 is 0 Å². The van der Waals surface area contributed by atoms with Crippen molar-refractivity contribution < 1.29 is 9.90 Å². The van der Waals surface area contributed by atoms with Crippen molar-refractivity contribution in [2.75, 3.05) is 5.32 Å². The Balaban J connectivity index is 2.82. The summed E-state index contributed by atoms with van der Waals surface area (Å²) in [6.45, 7) is 7.57. The van der Waals surface area contributed by atoms with Crippen LogP contribution in [0.3, 0.4) is 0 Å². The van der Waals surface area contributed by atoms with E-state index in [0.29, 0.717) is 12.2 Å². The highest BCUT2D eigenvalue weighted by Gasteiger charge is 2.16. The normalized spacial score (nSPS) is 12.2. The summed E-state index contributed by atoms with van der Waals surface area (Å²) in [4.78, 5) is 19.1. The first-order chi connectivity index (χ1) is 8.04. The molecule has 0 spiro atoms. The highest BCUT2D eigenvalue weighted by atomic mass is 16.4. The molecule has 1 heterocycles. The molecule has 0 fully saturated rings. The van der Waals surface area contributed by atoms with Crippen LogP contribution in [0, 0.1) is 0 Å². The molecule has 5 heteroatoms. The van der Waals surface area contributed by atoms with Crippen LogP contribution in [-0.4, -0.2) is 27.1 Å². The van der Waals surface area contributed by atoms with Gasteiger partial charge in [0.25, 0.3) is 0 Å². The van der Waals surface area contributed by atoms with Crippen molar-refractivity contribution in [2.45, 2.75) is 32.2 Å². The Morgan fingerprint density at radius 2 is 2.29 bits per heavy atom. The Morgan fingerprint density at radius 1 is 1.59 bits per heavy atom. The van der Waals surface area contributed by atoms with E-state index in [1.165, 1.54) is 6.33 Å². The van der Waals surface area contributed by atoms with Crippen LogP contribution in [0.5, 0.6) is 0 Å². The number of hydrogen-bond donors (Lipinski definition) is 2. The van der Waals surface area contributed by atoms with Crippen molar-refractivity contribution in [3.63, 3.8) is 0 Å². The average molecular weight is 235 g/mol. The van der Waals surface area contributed by atoms with Gasteiger partial charge in [0.1, 0.15) is 18.2 Å². The molecular formula is C12H17N3O2. The van der Waals surface area contributed by atoms with Crippen LogP contribution < -0.4 is 5.32 Å². The lowest BCUT2D eigenvalue weighted by atomic mass is 10.1. The molecule has 0 amide bonds. The molecule has 92 valence electrons. The van der Waals surface area contributed by atoms with Gasteiger partial charge >= 0.3 is 5.97 Å². The second kappa shape index (κ2) is 5.98. The number of nitrogens with zero attached hydrogens (tertiary/aromatic N) is 2. The number of rotatable bonds is 6. The summed E-state index contributed by atoms with van der Waals surface area (Å²) >= 11 is 0.